The van der Waals surface area contributed by atoms with E-state index >= 15 is 0 Å². The van der Waals surface area contributed by atoms with Gasteiger partial charge in [-0.1, -0.05) is 36.4 Å². The molecule has 31 heavy (non-hydrogen) atoms. The van der Waals surface area contributed by atoms with Gasteiger partial charge in [0.1, 0.15) is 11.5 Å². The van der Waals surface area contributed by atoms with Crippen LogP contribution >= 0.6 is 24.0 Å². The zero-order chi connectivity index (χ0) is 21.2. The molecule has 0 bridgehead atoms. The van der Waals surface area contributed by atoms with Crippen molar-refractivity contribution in [2.45, 2.75) is 32.7 Å². The molecule has 0 spiro atoms. The number of carbonyl (C=O) groups excluding carboxylic acids is 1. The van der Waals surface area contributed by atoms with Crippen LogP contribution in [0.1, 0.15) is 31.7 Å². The Morgan fingerprint density at radius 1 is 1.10 bits per heavy atom. The van der Waals surface area contributed by atoms with Gasteiger partial charge in [-0.05, 0) is 43.9 Å². The summed E-state index contributed by atoms with van der Waals surface area (Å²) in [6.45, 7) is 5.27. The van der Waals surface area contributed by atoms with Crippen LogP contribution in [0.2, 0.25) is 0 Å². The first kappa shape index (κ1) is 25.0. The van der Waals surface area contributed by atoms with Gasteiger partial charge in [0.15, 0.2) is 5.96 Å². The highest BCUT2D eigenvalue weighted by Gasteiger charge is 2.23. The van der Waals surface area contributed by atoms with Crippen LogP contribution < -0.4 is 15.4 Å². The fourth-order valence-corrected chi connectivity index (χ4v) is 3.65. The molecule has 0 unspecified atom stereocenters. The highest BCUT2D eigenvalue weighted by Crippen LogP contribution is 2.26. The average Bonchev–Trinajstić information content (AvgIpc) is 2.79. The topological polar surface area (TPSA) is 66.0 Å². The zero-order valence-electron chi connectivity index (χ0n) is 18.3. The molecule has 1 fully saturated rings. The Labute approximate surface area is 202 Å². The van der Waals surface area contributed by atoms with E-state index in [1.807, 2.05) is 48.5 Å². The molecule has 0 aliphatic carbocycles. The highest BCUT2D eigenvalue weighted by atomic mass is 127. The first-order chi connectivity index (χ1) is 14.7. The van der Waals surface area contributed by atoms with Crippen molar-refractivity contribution in [3.05, 3.63) is 60.2 Å². The molecule has 0 radical (unpaired) electrons. The molecule has 1 aliphatic rings. The van der Waals surface area contributed by atoms with Crippen molar-refractivity contribution in [1.82, 2.24) is 15.5 Å². The van der Waals surface area contributed by atoms with E-state index in [0.717, 1.165) is 55.5 Å². The number of likely N-dealkylation sites (tertiary alicyclic amines) is 1. The van der Waals surface area contributed by atoms with Gasteiger partial charge in [-0.25, -0.2) is 4.99 Å². The van der Waals surface area contributed by atoms with Crippen LogP contribution in [0.15, 0.2) is 59.6 Å². The molecule has 7 heteroatoms. The molecular weight excluding hydrogens is 503 g/mol. The van der Waals surface area contributed by atoms with Crippen LogP contribution in [0, 0.1) is 5.92 Å². The average molecular weight is 536 g/mol. The summed E-state index contributed by atoms with van der Waals surface area (Å²) >= 11 is 0. The molecule has 168 valence electrons. The van der Waals surface area contributed by atoms with Crippen molar-refractivity contribution in [3.8, 4) is 11.5 Å². The third kappa shape index (κ3) is 7.72. The number of nitrogens with zero attached hydrogens (tertiary/aromatic N) is 2. The number of piperidine rings is 1. The SMILES string of the molecule is CCNC(=NCc1ccccc1Oc1ccccc1)N1CCC(CC(=O)NC)CC1.I. The van der Waals surface area contributed by atoms with Gasteiger partial charge in [0.2, 0.25) is 5.91 Å². The van der Waals surface area contributed by atoms with E-state index in [1.165, 1.54) is 0 Å². The number of nitrogens with one attached hydrogen (secondary N) is 2. The van der Waals surface area contributed by atoms with Gasteiger partial charge < -0.3 is 20.3 Å². The van der Waals surface area contributed by atoms with Crippen LogP contribution in [-0.2, 0) is 11.3 Å². The normalized spacial score (nSPS) is 14.5. The number of hydrogen-bond acceptors (Lipinski definition) is 3. The molecule has 0 aromatic heterocycles. The second-order valence-corrected chi connectivity index (χ2v) is 7.50. The van der Waals surface area contributed by atoms with Gasteiger partial charge in [-0.2, -0.15) is 0 Å². The lowest BCUT2D eigenvalue weighted by atomic mass is 9.93. The van der Waals surface area contributed by atoms with E-state index < -0.39 is 0 Å². The summed E-state index contributed by atoms with van der Waals surface area (Å²) in [5.41, 5.74) is 1.05. The molecular formula is C24H33IN4O2. The summed E-state index contributed by atoms with van der Waals surface area (Å²) < 4.78 is 6.07. The van der Waals surface area contributed by atoms with Gasteiger partial charge >= 0.3 is 0 Å². The number of ether oxygens (including phenoxy) is 1. The van der Waals surface area contributed by atoms with Crippen molar-refractivity contribution in [2.75, 3.05) is 26.7 Å². The van der Waals surface area contributed by atoms with E-state index in [4.69, 9.17) is 9.73 Å². The van der Waals surface area contributed by atoms with E-state index in [1.54, 1.807) is 7.05 Å². The Hall–Kier alpha value is -2.29. The number of halogens is 1. The number of benzene rings is 2. The first-order valence-corrected chi connectivity index (χ1v) is 10.7. The second kappa shape index (κ2) is 13.2. The van der Waals surface area contributed by atoms with Crippen LogP contribution in [0.3, 0.4) is 0 Å². The summed E-state index contributed by atoms with van der Waals surface area (Å²) in [7, 11) is 1.70. The minimum absolute atomic E-state index is 0. The largest absolute Gasteiger partial charge is 0.457 e. The monoisotopic (exact) mass is 536 g/mol. The summed E-state index contributed by atoms with van der Waals surface area (Å²) in [5, 5.41) is 6.14. The molecule has 3 rings (SSSR count). The van der Waals surface area contributed by atoms with E-state index in [0.29, 0.717) is 18.9 Å². The second-order valence-electron chi connectivity index (χ2n) is 7.50. The third-order valence-electron chi connectivity index (χ3n) is 5.34. The fraction of sp³-hybridized carbons (Fsp3) is 0.417. The molecule has 2 aromatic rings. The number of guanidine groups is 1. The van der Waals surface area contributed by atoms with Crippen LogP contribution in [0.4, 0.5) is 0 Å². The molecule has 2 N–H and O–H groups in total. The predicted octanol–water partition coefficient (Wildman–Crippen LogP) is 4.41. The number of para-hydroxylation sites is 2. The van der Waals surface area contributed by atoms with Gasteiger partial charge in [0.25, 0.3) is 0 Å². The smallest absolute Gasteiger partial charge is 0.220 e. The van der Waals surface area contributed by atoms with Crippen molar-refractivity contribution in [2.24, 2.45) is 10.9 Å². The molecule has 0 atom stereocenters. The maximum absolute atomic E-state index is 11.6. The van der Waals surface area contributed by atoms with Crippen LogP contribution in [0.25, 0.3) is 0 Å². The number of hydrogen-bond donors (Lipinski definition) is 2. The molecule has 1 amide bonds. The molecule has 0 saturated carbocycles. The molecule has 1 saturated heterocycles. The van der Waals surface area contributed by atoms with Gasteiger partial charge in [0, 0.05) is 38.7 Å². The van der Waals surface area contributed by atoms with Crippen molar-refractivity contribution in [1.29, 1.82) is 0 Å². The maximum atomic E-state index is 11.6. The Morgan fingerprint density at radius 2 is 1.77 bits per heavy atom. The lowest BCUT2D eigenvalue weighted by Crippen LogP contribution is -2.46. The number of rotatable bonds is 7. The lowest BCUT2D eigenvalue weighted by molar-refractivity contribution is -0.121. The third-order valence-corrected chi connectivity index (χ3v) is 5.34. The first-order valence-electron chi connectivity index (χ1n) is 10.7. The molecule has 1 heterocycles. The van der Waals surface area contributed by atoms with Crippen molar-refractivity contribution in [3.63, 3.8) is 0 Å². The van der Waals surface area contributed by atoms with Crippen molar-refractivity contribution >= 4 is 35.8 Å². The number of aliphatic imine (C=N–C) groups is 1. The lowest BCUT2D eigenvalue weighted by Gasteiger charge is -2.34. The van der Waals surface area contributed by atoms with E-state index in [2.05, 4.69) is 28.5 Å². The van der Waals surface area contributed by atoms with Gasteiger partial charge in [-0.15, -0.1) is 24.0 Å². The summed E-state index contributed by atoms with van der Waals surface area (Å²) in [4.78, 5) is 18.8. The van der Waals surface area contributed by atoms with Crippen LogP contribution in [-0.4, -0.2) is 43.4 Å². The van der Waals surface area contributed by atoms with E-state index in [-0.39, 0.29) is 29.9 Å². The Bertz CT molecular complexity index is 836. The number of amides is 1. The Kier molecular flexibility index (Phi) is 10.6. The summed E-state index contributed by atoms with van der Waals surface area (Å²) in [5.74, 6) is 3.14. The highest BCUT2D eigenvalue weighted by molar-refractivity contribution is 14.0. The van der Waals surface area contributed by atoms with Gasteiger partial charge in [0.05, 0.1) is 6.54 Å². The number of carbonyl (C=O) groups is 1. The Morgan fingerprint density at radius 3 is 2.45 bits per heavy atom. The zero-order valence-corrected chi connectivity index (χ0v) is 20.7. The van der Waals surface area contributed by atoms with Crippen molar-refractivity contribution < 1.29 is 9.53 Å². The maximum Gasteiger partial charge on any atom is 0.220 e. The quantitative estimate of drug-likeness (QED) is 0.313. The minimum Gasteiger partial charge on any atom is -0.457 e. The summed E-state index contributed by atoms with van der Waals surface area (Å²) in [6.07, 6.45) is 2.62. The molecule has 6 nitrogen and oxygen atoms in total. The van der Waals surface area contributed by atoms with Gasteiger partial charge in [-0.3, -0.25) is 4.79 Å². The predicted molar refractivity (Wildman–Crippen MR) is 136 cm³/mol. The molecule has 1 aliphatic heterocycles. The summed E-state index contributed by atoms with van der Waals surface area (Å²) in [6, 6.07) is 17.8. The standard InChI is InChI=1S/C24H32N4O2.HI/c1-3-26-24(28-15-13-19(14-16-28)17-23(29)25-2)27-18-20-9-7-8-12-22(20)30-21-10-5-4-6-11-21;/h4-12,19H,3,13-18H2,1-2H3,(H,25,29)(H,26,27);1H. The minimum atomic E-state index is 0. The Balaban J connectivity index is 0.00000341. The van der Waals surface area contributed by atoms with Crippen LogP contribution in [0.5, 0.6) is 11.5 Å². The molecule has 2 aromatic carbocycles. The van der Waals surface area contributed by atoms with E-state index in [9.17, 15) is 4.79 Å². The fourth-order valence-electron chi connectivity index (χ4n) is 3.65.